The number of sulfonamides is 1. The van der Waals surface area contributed by atoms with Crippen LogP contribution in [0.1, 0.15) is 12.5 Å². The van der Waals surface area contributed by atoms with E-state index in [2.05, 4.69) is 10.0 Å². The van der Waals surface area contributed by atoms with Crippen LogP contribution in [-0.2, 0) is 16.4 Å². The zero-order valence-corrected chi connectivity index (χ0v) is 12.2. The Hall–Kier alpha value is -1.60. The molecular weight excluding hydrogens is 278 g/mol. The summed E-state index contributed by atoms with van der Waals surface area (Å²) in [5, 5.41) is 2.67. The van der Waals surface area contributed by atoms with E-state index in [9.17, 15) is 13.2 Å². The third kappa shape index (κ3) is 3.49. The zero-order valence-electron chi connectivity index (χ0n) is 11.4. The van der Waals surface area contributed by atoms with Crippen molar-refractivity contribution in [2.45, 2.75) is 18.2 Å². The van der Waals surface area contributed by atoms with Gasteiger partial charge in [-0.3, -0.25) is 0 Å². The maximum absolute atomic E-state index is 12.1. The minimum Gasteiger partial charge on any atom is -0.336 e. The van der Waals surface area contributed by atoms with Crippen LogP contribution in [0, 0.1) is 0 Å². The molecular formula is C13H19N3O3S. The molecule has 0 bridgehead atoms. The van der Waals surface area contributed by atoms with Crippen LogP contribution in [0.2, 0.25) is 0 Å². The van der Waals surface area contributed by atoms with Crippen LogP contribution >= 0.6 is 0 Å². The molecule has 0 radical (unpaired) electrons. The maximum Gasteiger partial charge on any atom is 0.317 e. The molecule has 1 heterocycles. The lowest BCUT2D eigenvalue weighted by Gasteiger charge is -2.14. The number of amides is 2. The van der Waals surface area contributed by atoms with Crippen molar-refractivity contribution >= 4 is 16.1 Å². The van der Waals surface area contributed by atoms with Gasteiger partial charge in [-0.1, -0.05) is 19.1 Å². The van der Waals surface area contributed by atoms with Crippen LogP contribution in [-0.4, -0.2) is 45.5 Å². The van der Waals surface area contributed by atoms with Gasteiger partial charge in [-0.05, 0) is 24.1 Å². The van der Waals surface area contributed by atoms with E-state index in [1.807, 2.05) is 19.1 Å². The van der Waals surface area contributed by atoms with Crippen molar-refractivity contribution in [1.29, 1.82) is 0 Å². The lowest BCUT2D eigenvalue weighted by molar-refractivity contribution is 0.218. The second-order valence-electron chi connectivity index (χ2n) is 4.61. The van der Waals surface area contributed by atoms with E-state index in [0.717, 1.165) is 12.0 Å². The molecule has 1 saturated heterocycles. The summed E-state index contributed by atoms with van der Waals surface area (Å²) in [4.78, 5) is 13.1. The third-order valence-corrected chi connectivity index (χ3v) is 4.74. The van der Waals surface area contributed by atoms with Crippen molar-refractivity contribution in [3.63, 3.8) is 0 Å². The van der Waals surface area contributed by atoms with Crippen molar-refractivity contribution in [2.75, 3.05) is 26.2 Å². The first-order valence-electron chi connectivity index (χ1n) is 6.64. The second kappa shape index (κ2) is 6.23. The monoisotopic (exact) mass is 297 g/mol. The molecule has 1 aromatic rings. The lowest BCUT2D eigenvalue weighted by atomic mass is 10.2. The predicted molar refractivity (Wildman–Crippen MR) is 76.0 cm³/mol. The molecule has 0 spiro atoms. The van der Waals surface area contributed by atoms with Gasteiger partial charge >= 0.3 is 6.03 Å². The standard InChI is InChI=1S/C13H19N3O3S/c1-2-11-3-5-12(6-4-11)20(18,19)15-8-10-16-9-7-14-13(16)17/h3-6,15H,2,7-10H2,1H3,(H,14,17). The Morgan fingerprint density at radius 3 is 2.55 bits per heavy atom. The first-order valence-corrected chi connectivity index (χ1v) is 8.12. The smallest absolute Gasteiger partial charge is 0.317 e. The van der Waals surface area contributed by atoms with Crippen LogP contribution in [0.15, 0.2) is 29.2 Å². The van der Waals surface area contributed by atoms with E-state index in [1.165, 1.54) is 0 Å². The number of aryl methyl sites for hydroxylation is 1. The van der Waals surface area contributed by atoms with E-state index < -0.39 is 10.0 Å². The Morgan fingerprint density at radius 1 is 1.30 bits per heavy atom. The first-order chi connectivity index (χ1) is 9.53. The average Bonchev–Trinajstić information content (AvgIpc) is 2.84. The van der Waals surface area contributed by atoms with Crippen molar-refractivity contribution in [2.24, 2.45) is 0 Å². The average molecular weight is 297 g/mol. The molecule has 2 N–H and O–H groups in total. The fourth-order valence-corrected chi connectivity index (χ4v) is 3.05. The summed E-state index contributed by atoms with van der Waals surface area (Å²) in [7, 11) is -3.50. The summed E-state index contributed by atoms with van der Waals surface area (Å²) < 4.78 is 26.6. The molecule has 0 aliphatic carbocycles. The summed E-state index contributed by atoms with van der Waals surface area (Å²) in [6.45, 7) is 3.84. The maximum atomic E-state index is 12.1. The zero-order chi connectivity index (χ0) is 14.6. The van der Waals surface area contributed by atoms with Gasteiger partial charge in [-0.25, -0.2) is 17.9 Å². The normalized spacial score (nSPS) is 15.4. The van der Waals surface area contributed by atoms with E-state index in [4.69, 9.17) is 0 Å². The van der Waals surface area contributed by atoms with Gasteiger partial charge in [0.15, 0.2) is 0 Å². The number of hydrogen-bond acceptors (Lipinski definition) is 3. The number of carbonyl (C=O) groups is 1. The molecule has 2 rings (SSSR count). The van der Waals surface area contributed by atoms with Gasteiger partial charge in [-0.15, -0.1) is 0 Å². The fraction of sp³-hybridized carbons (Fsp3) is 0.462. The highest BCUT2D eigenvalue weighted by Crippen LogP contribution is 2.10. The molecule has 1 aliphatic heterocycles. The Morgan fingerprint density at radius 2 is 2.00 bits per heavy atom. The second-order valence-corrected chi connectivity index (χ2v) is 6.38. The van der Waals surface area contributed by atoms with Gasteiger partial charge < -0.3 is 10.2 Å². The Balaban J connectivity index is 1.91. The molecule has 0 saturated carbocycles. The summed E-state index contributed by atoms with van der Waals surface area (Å²) >= 11 is 0. The summed E-state index contributed by atoms with van der Waals surface area (Å²) in [6, 6.07) is 6.68. The lowest BCUT2D eigenvalue weighted by Crippen LogP contribution is -2.36. The van der Waals surface area contributed by atoms with Gasteiger partial charge in [0.25, 0.3) is 0 Å². The Labute approximate surface area is 119 Å². The van der Waals surface area contributed by atoms with Crippen LogP contribution in [0.25, 0.3) is 0 Å². The SMILES string of the molecule is CCc1ccc(S(=O)(=O)NCCN2CCNC2=O)cc1. The van der Waals surface area contributed by atoms with Crippen molar-refractivity contribution in [3.8, 4) is 0 Å². The summed E-state index contributed by atoms with van der Waals surface area (Å²) in [5.74, 6) is 0. The molecule has 2 amide bonds. The van der Waals surface area contributed by atoms with Crippen molar-refractivity contribution in [1.82, 2.24) is 14.9 Å². The summed E-state index contributed by atoms with van der Waals surface area (Å²) in [6.07, 6.45) is 0.873. The van der Waals surface area contributed by atoms with Crippen LogP contribution in [0.3, 0.4) is 0 Å². The molecule has 1 fully saturated rings. The molecule has 110 valence electrons. The molecule has 0 aromatic heterocycles. The van der Waals surface area contributed by atoms with Gasteiger partial charge in [0.05, 0.1) is 4.90 Å². The number of benzene rings is 1. The predicted octanol–water partition coefficient (Wildman–Crippen LogP) is 0.552. The highest BCUT2D eigenvalue weighted by Gasteiger charge is 2.20. The third-order valence-electron chi connectivity index (χ3n) is 3.26. The number of rotatable bonds is 6. The quantitative estimate of drug-likeness (QED) is 0.805. The Bertz CT molecular complexity index is 569. The Kier molecular flexibility index (Phi) is 4.61. The number of urea groups is 1. The highest BCUT2D eigenvalue weighted by molar-refractivity contribution is 7.89. The van der Waals surface area contributed by atoms with Crippen LogP contribution in [0.4, 0.5) is 4.79 Å². The molecule has 1 aromatic carbocycles. The van der Waals surface area contributed by atoms with Crippen molar-refractivity contribution in [3.05, 3.63) is 29.8 Å². The summed E-state index contributed by atoms with van der Waals surface area (Å²) in [5.41, 5.74) is 1.10. The van der Waals surface area contributed by atoms with Crippen LogP contribution in [0.5, 0.6) is 0 Å². The molecule has 0 unspecified atom stereocenters. The number of nitrogens with one attached hydrogen (secondary N) is 2. The van der Waals surface area contributed by atoms with E-state index in [0.29, 0.717) is 19.6 Å². The molecule has 20 heavy (non-hydrogen) atoms. The molecule has 7 heteroatoms. The topological polar surface area (TPSA) is 78.5 Å². The van der Waals surface area contributed by atoms with E-state index in [1.54, 1.807) is 17.0 Å². The van der Waals surface area contributed by atoms with Gasteiger partial charge in [0.2, 0.25) is 10.0 Å². The molecule has 1 aliphatic rings. The minimum atomic E-state index is -3.50. The number of carbonyl (C=O) groups excluding carboxylic acids is 1. The minimum absolute atomic E-state index is 0.142. The van der Waals surface area contributed by atoms with Gasteiger partial charge in [0, 0.05) is 26.2 Å². The number of hydrogen-bond donors (Lipinski definition) is 2. The largest absolute Gasteiger partial charge is 0.336 e. The first kappa shape index (κ1) is 14.8. The fourth-order valence-electron chi connectivity index (χ4n) is 2.03. The highest BCUT2D eigenvalue weighted by atomic mass is 32.2. The molecule has 0 atom stereocenters. The van der Waals surface area contributed by atoms with Crippen LogP contribution < -0.4 is 10.0 Å². The van der Waals surface area contributed by atoms with Gasteiger partial charge in [-0.2, -0.15) is 0 Å². The number of nitrogens with zero attached hydrogens (tertiary/aromatic N) is 1. The van der Waals surface area contributed by atoms with Crippen molar-refractivity contribution < 1.29 is 13.2 Å². The van der Waals surface area contributed by atoms with E-state index >= 15 is 0 Å². The van der Waals surface area contributed by atoms with E-state index in [-0.39, 0.29) is 17.5 Å². The molecule has 6 nitrogen and oxygen atoms in total. The van der Waals surface area contributed by atoms with Gasteiger partial charge in [0.1, 0.15) is 0 Å².